The van der Waals surface area contributed by atoms with Crippen LogP contribution in [0.1, 0.15) is 22.3 Å². The van der Waals surface area contributed by atoms with Gasteiger partial charge in [0.1, 0.15) is 6.04 Å². The lowest BCUT2D eigenvalue weighted by molar-refractivity contribution is -0.137. The molecule has 1 unspecified atom stereocenters. The van der Waals surface area contributed by atoms with Crippen LogP contribution in [0.25, 0.3) is 0 Å². The number of para-hydroxylation sites is 1. The maximum absolute atomic E-state index is 13.2. The van der Waals surface area contributed by atoms with Crippen LogP contribution in [0.3, 0.4) is 0 Å². The molecule has 9 heteroatoms. The summed E-state index contributed by atoms with van der Waals surface area (Å²) in [4.78, 5) is 36.2. The summed E-state index contributed by atoms with van der Waals surface area (Å²) in [6, 6.07) is 8.76. The Morgan fingerprint density at radius 2 is 1.70 bits per heavy atom. The number of nitrogens with one attached hydrogen (secondary N) is 1. The molecule has 1 saturated heterocycles. The molecule has 140 valence electrons. The van der Waals surface area contributed by atoms with Crippen LogP contribution in [-0.4, -0.2) is 28.9 Å². The van der Waals surface area contributed by atoms with Crippen molar-refractivity contribution in [1.29, 1.82) is 0 Å². The largest absolute Gasteiger partial charge is 0.478 e. The second-order valence-corrected chi connectivity index (χ2v) is 5.87. The first-order chi connectivity index (χ1) is 12.7. The fourth-order valence-corrected chi connectivity index (χ4v) is 2.82. The molecule has 2 aromatic rings. The predicted molar refractivity (Wildman–Crippen MR) is 89.4 cm³/mol. The van der Waals surface area contributed by atoms with Gasteiger partial charge >= 0.3 is 12.1 Å². The van der Waals surface area contributed by atoms with E-state index < -0.39 is 41.3 Å². The third-order valence-corrected chi connectivity index (χ3v) is 4.07. The summed E-state index contributed by atoms with van der Waals surface area (Å²) in [6.07, 6.45) is -5.03. The number of aromatic carboxylic acids is 1. The Bertz CT molecular complexity index is 910. The molecule has 0 saturated carbocycles. The summed E-state index contributed by atoms with van der Waals surface area (Å²) in [6.45, 7) is 0. The molecule has 1 aliphatic heterocycles. The quantitative estimate of drug-likeness (QED) is 0.799. The van der Waals surface area contributed by atoms with Crippen molar-refractivity contribution in [3.63, 3.8) is 0 Å². The standard InChI is InChI=1S/C18H13F3N2O4/c19-18(20,21)12-3-1-2-4-14(12)23-15(24)9-13(16(23)25)22-11-7-5-10(6-8-11)17(26)27/h1-8,13,22H,9H2,(H,26,27). The fourth-order valence-electron chi connectivity index (χ4n) is 2.82. The van der Waals surface area contributed by atoms with Gasteiger partial charge in [-0.25, -0.2) is 9.69 Å². The number of halogens is 3. The average Bonchev–Trinajstić information content (AvgIpc) is 2.88. The summed E-state index contributed by atoms with van der Waals surface area (Å²) in [5.74, 6) is -2.68. The molecule has 0 bridgehead atoms. The Morgan fingerprint density at radius 1 is 1.07 bits per heavy atom. The van der Waals surface area contributed by atoms with Crippen LogP contribution in [0.5, 0.6) is 0 Å². The van der Waals surface area contributed by atoms with E-state index in [-0.39, 0.29) is 12.0 Å². The Morgan fingerprint density at radius 3 is 2.30 bits per heavy atom. The van der Waals surface area contributed by atoms with E-state index >= 15 is 0 Å². The van der Waals surface area contributed by atoms with Crippen molar-refractivity contribution in [3.05, 3.63) is 59.7 Å². The van der Waals surface area contributed by atoms with E-state index in [0.29, 0.717) is 10.6 Å². The molecule has 2 aromatic carbocycles. The molecule has 1 fully saturated rings. The van der Waals surface area contributed by atoms with Gasteiger partial charge in [0.15, 0.2) is 0 Å². The third-order valence-electron chi connectivity index (χ3n) is 4.07. The number of carbonyl (C=O) groups is 3. The van der Waals surface area contributed by atoms with Gasteiger partial charge in [0, 0.05) is 5.69 Å². The maximum atomic E-state index is 13.2. The maximum Gasteiger partial charge on any atom is 0.418 e. The number of hydrogen-bond donors (Lipinski definition) is 2. The summed E-state index contributed by atoms with van der Waals surface area (Å²) in [5, 5.41) is 11.6. The molecular weight excluding hydrogens is 365 g/mol. The fraction of sp³-hybridized carbons (Fsp3) is 0.167. The first kappa shape index (κ1) is 18.4. The zero-order valence-electron chi connectivity index (χ0n) is 13.7. The lowest BCUT2D eigenvalue weighted by Gasteiger charge is -2.20. The van der Waals surface area contributed by atoms with Gasteiger partial charge in [-0.1, -0.05) is 12.1 Å². The minimum atomic E-state index is -4.71. The van der Waals surface area contributed by atoms with Crippen molar-refractivity contribution < 1.29 is 32.7 Å². The molecule has 3 rings (SSSR count). The number of alkyl halides is 3. The van der Waals surface area contributed by atoms with E-state index in [1.807, 2.05) is 0 Å². The van der Waals surface area contributed by atoms with E-state index in [2.05, 4.69) is 5.32 Å². The van der Waals surface area contributed by atoms with E-state index in [0.717, 1.165) is 12.1 Å². The zero-order chi connectivity index (χ0) is 19.8. The summed E-state index contributed by atoms with van der Waals surface area (Å²) < 4.78 is 39.6. The van der Waals surface area contributed by atoms with Crippen molar-refractivity contribution in [2.24, 2.45) is 0 Å². The topological polar surface area (TPSA) is 86.7 Å². The van der Waals surface area contributed by atoms with Crippen LogP contribution < -0.4 is 10.2 Å². The van der Waals surface area contributed by atoms with Gasteiger partial charge in [-0.2, -0.15) is 13.2 Å². The number of imide groups is 1. The van der Waals surface area contributed by atoms with Crippen molar-refractivity contribution in [3.8, 4) is 0 Å². The van der Waals surface area contributed by atoms with Crippen molar-refractivity contribution in [1.82, 2.24) is 0 Å². The van der Waals surface area contributed by atoms with Gasteiger partial charge in [-0.05, 0) is 36.4 Å². The zero-order valence-corrected chi connectivity index (χ0v) is 13.7. The second-order valence-electron chi connectivity index (χ2n) is 5.87. The Labute approximate surface area is 151 Å². The molecule has 1 heterocycles. The normalized spacial score (nSPS) is 17.3. The third kappa shape index (κ3) is 3.62. The lowest BCUT2D eigenvalue weighted by atomic mass is 10.1. The molecule has 0 aliphatic carbocycles. The first-order valence-electron chi connectivity index (χ1n) is 7.81. The van der Waals surface area contributed by atoms with E-state index in [1.165, 1.54) is 36.4 Å². The molecule has 1 atom stereocenters. The summed E-state index contributed by atoms with van der Waals surface area (Å²) in [7, 11) is 0. The van der Waals surface area contributed by atoms with Gasteiger partial charge in [0.2, 0.25) is 5.91 Å². The first-order valence-corrected chi connectivity index (χ1v) is 7.81. The number of amides is 2. The van der Waals surface area contributed by atoms with Gasteiger partial charge in [0.05, 0.1) is 23.2 Å². The molecule has 2 amide bonds. The van der Waals surface area contributed by atoms with Gasteiger partial charge in [-0.15, -0.1) is 0 Å². The van der Waals surface area contributed by atoms with Gasteiger partial charge < -0.3 is 10.4 Å². The van der Waals surface area contributed by atoms with Crippen LogP contribution in [0, 0.1) is 0 Å². The summed E-state index contributed by atoms with van der Waals surface area (Å²) >= 11 is 0. The molecule has 6 nitrogen and oxygen atoms in total. The van der Waals surface area contributed by atoms with Crippen LogP contribution in [0.4, 0.5) is 24.5 Å². The SMILES string of the molecule is O=C(O)c1ccc(NC2CC(=O)N(c3ccccc3C(F)(F)F)C2=O)cc1. The van der Waals surface area contributed by atoms with Crippen LogP contribution in [0.15, 0.2) is 48.5 Å². The number of rotatable bonds is 4. The van der Waals surface area contributed by atoms with E-state index in [9.17, 15) is 27.6 Å². The molecule has 1 aliphatic rings. The Balaban J connectivity index is 1.85. The van der Waals surface area contributed by atoms with E-state index in [1.54, 1.807) is 0 Å². The van der Waals surface area contributed by atoms with Gasteiger partial charge in [-0.3, -0.25) is 9.59 Å². The highest BCUT2D eigenvalue weighted by molar-refractivity contribution is 6.23. The molecule has 2 N–H and O–H groups in total. The Hall–Kier alpha value is -3.36. The molecular formula is C18H13F3N2O4. The Kier molecular flexibility index (Phi) is 4.61. The summed E-state index contributed by atoms with van der Waals surface area (Å²) in [5.41, 5.74) is -1.17. The number of anilines is 2. The molecule has 0 spiro atoms. The van der Waals surface area contributed by atoms with Crippen LogP contribution in [-0.2, 0) is 15.8 Å². The number of benzene rings is 2. The van der Waals surface area contributed by atoms with Crippen molar-refractivity contribution in [2.75, 3.05) is 10.2 Å². The number of carboxylic acid groups (broad SMARTS) is 1. The monoisotopic (exact) mass is 378 g/mol. The van der Waals surface area contributed by atoms with Crippen molar-refractivity contribution in [2.45, 2.75) is 18.6 Å². The van der Waals surface area contributed by atoms with E-state index in [4.69, 9.17) is 5.11 Å². The van der Waals surface area contributed by atoms with Gasteiger partial charge in [0.25, 0.3) is 5.91 Å². The molecule has 0 aromatic heterocycles. The minimum absolute atomic E-state index is 0.0371. The lowest BCUT2D eigenvalue weighted by Crippen LogP contribution is -2.36. The minimum Gasteiger partial charge on any atom is -0.478 e. The predicted octanol–water partition coefficient (Wildman–Crippen LogP) is 3.15. The highest BCUT2D eigenvalue weighted by Crippen LogP contribution is 2.38. The number of nitrogens with zero attached hydrogens (tertiary/aromatic N) is 1. The smallest absolute Gasteiger partial charge is 0.418 e. The number of carbonyl (C=O) groups excluding carboxylic acids is 2. The highest BCUT2D eigenvalue weighted by Gasteiger charge is 2.44. The second kappa shape index (κ2) is 6.75. The van der Waals surface area contributed by atoms with Crippen LogP contribution in [0.2, 0.25) is 0 Å². The van der Waals surface area contributed by atoms with Crippen LogP contribution >= 0.6 is 0 Å². The number of carboxylic acids is 1. The molecule has 27 heavy (non-hydrogen) atoms. The highest BCUT2D eigenvalue weighted by atomic mass is 19.4. The molecule has 0 radical (unpaired) electrons. The van der Waals surface area contributed by atoms with Crippen molar-refractivity contribution >= 4 is 29.2 Å². The number of hydrogen-bond acceptors (Lipinski definition) is 4. The average molecular weight is 378 g/mol.